The molecule has 0 spiro atoms. The van der Waals surface area contributed by atoms with Crippen molar-refractivity contribution in [1.29, 1.82) is 0 Å². The summed E-state index contributed by atoms with van der Waals surface area (Å²) in [4.78, 5) is 25.5. The fourth-order valence-corrected chi connectivity index (χ4v) is 4.01. The van der Waals surface area contributed by atoms with Crippen molar-refractivity contribution in [1.82, 2.24) is 13.7 Å². The summed E-state index contributed by atoms with van der Waals surface area (Å²) in [7, 11) is 3.11. The number of nitrogens with two attached hydrogens (primary N) is 1. The molecule has 0 unspecified atom stereocenters. The Morgan fingerprint density at radius 1 is 0.966 bits per heavy atom. The van der Waals surface area contributed by atoms with Crippen LogP contribution in [0.2, 0.25) is 10.0 Å². The average Bonchev–Trinajstić information content (AvgIpc) is 3.09. The highest BCUT2D eigenvalue weighted by molar-refractivity contribution is 6.39. The van der Waals surface area contributed by atoms with Gasteiger partial charge in [0.15, 0.2) is 0 Å². The molecule has 0 fully saturated rings. The van der Waals surface area contributed by atoms with E-state index in [9.17, 15) is 9.59 Å². The number of nitrogen functional groups attached to an aromatic ring is 1. The molecule has 2 N–H and O–H groups in total. The highest BCUT2D eigenvalue weighted by Gasteiger charge is 2.21. The predicted octanol–water partition coefficient (Wildman–Crippen LogP) is 3.89. The summed E-state index contributed by atoms with van der Waals surface area (Å²) in [6.45, 7) is 1.98. The highest BCUT2D eigenvalue weighted by Crippen LogP contribution is 2.35. The third-order valence-corrected chi connectivity index (χ3v) is 5.70. The SMILES string of the molecule is Cc1cccc(-c2c3c(=O)n(C)c(=O)n(C)c3cn2-c2cc(Cl)c(N)c(Cl)c2)c1. The van der Waals surface area contributed by atoms with Crippen LogP contribution in [-0.2, 0) is 14.1 Å². The quantitative estimate of drug-likeness (QED) is 0.492. The van der Waals surface area contributed by atoms with Gasteiger partial charge in [-0.25, -0.2) is 4.79 Å². The number of hydrogen-bond donors (Lipinski definition) is 1. The van der Waals surface area contributed by atoms with Gasteiger partial charge in [-0.2, -0.15) is 0 Å². The normalized spacial score (nSPS) is 11.3. The molecular formula is C21H18Cl2N4O2. The smallest absolute Gasteiger partial charge is 0.330 e. The fourth-order valence-electron chi connectivity index (χ4n) is 3.53. The van der Waals surface area contributed by atoms with E-state index in [0.717, 1.165) is 15.7 Å². The second-order valence-corrected chi connectivity index (χ2v) is 7.82. The van der Waals surface area contributed by atoms with Gasteiger partial charge in [-0.15, -0.1) is 0 Å². The van der Waals surface area contributed by atoms with Crippen molar-refractivity contribution in [2.24, 2.45) is 14.1 Å². The summed E-state index contributed by atoms with van der Waals surface area (Å²) in [5.41, 5.74) is 9.08. The molecule has 8 heteroatoms. The lowest BCUT2D eigenvalue weighted by atomic mass is 10.1. The predicted molar refractivity (Wildman–Crippen MR) is 118 cm³/mol. The summed E-state index contributed by atoms with van der Waals surface area (Å²) >= 11 is 12.5. The Kier molecular flexibility index (Phi) is 4.56. The summed E-state index contributed by atoms with van der Waals surface area (Å²) in [6, 6.07) is 11.2. The Balaban J connectivity index is 2.22. The largest absolute Gasteiger partial charge is 0.396 e. The molecule has 0 aliphatic carbocycles. The Labute approximate surface area is 176 Å². The summed E-state index contributed by atoms with van der Waals surface area (Å²) < 4.78 is 4.37. The first-order valence-electron chi connectivity index (χ1n) is 8.83. The molecule has 0 atom stereocenters. The zero-order valence-electron chi connectivity index (χ0n) is 16.0. The Hall–Kier alpha value is -2.96. The van der Waals surface area contributed by atoms with E-state index in [1.165, 1.54) is 11.6 Å². The van der Waals surface area contributed by atoms with Gasteiger partial charge in [0.25, 0.3) is 5.56 Å². The first kappa shape index (κ1) is 19.4. The molecule has 2 aromatic carbocycles. The second kappa shape index (κ2) is 6.83. The van der Waals surface area contributed by atoms with Crippen LogP contribution in [0.1, 0.15) is 5.56 Å². The topological polar surface area (TPSA) is 75.0 Å². The van der Waals surface area contributed by atoms with Gasteiger partial charge in [0, 0.05) is 26.0 Å². The van der Waals surface area contributed by atoms with Crippen LogP contribution in [0.25, 0.3) is 27.8 Å². The van der Waals surface area contributed by atoms with Crippen LogP contribution in [0, 0.1) is 6.92 Å². The number of fused-ring (bicyclic) bond motifs is 1. The molecule has 4 aromatic rings. The van der Waals surface area contributed by atoms with Gasteiger partial charge in [-0.1, -0.05) is 47.0 Å². The van der Waals surface area contributed by atoms with Crippen molar-refractivity contribution in [2.75, 3.05) is 5.73 Å². The summed E-state index contributed by atoms with van der Waals surface area (Å²) in [6.07, 6.45) is 1.74. The number of nitrogens with zero attached hydrogens (tertiary/aromatic N) is 3. The molecule has 6 nitrogen and oxygen atoms in total. The van der Waals surface area contributed by atoms with Crippen LogP contribution in [-0.4, -0.2) is 13.7 Å². The monoisotopic (exact) mass is 428 g/mol. The van der Waals surface area contributed by atoms with E-state index in [1.54, 1.807) is 25.4 Å². The maximum absolute atomic E-state index is 13.1. The number of aryl methyl sites for hydroxylation is 2. The van der Waals surface area contributed by atoms with Crippen LogP contribution >= 0.6 is 23.2 Å². The molecule has 2 aromatic heterocycles. The van der Waals surface area contributed by atoms with Crippen molar-refractivity contribution in [3.63, 3.8) is 0 Å². The number of halogens is 2. The third-order valence-electron chi connectivity index (χ3n) is 5.07. The minimum atomic E-state index is -0.399. The highest BCUT2D eigenvalue weighted by atomic mass is 35.5. The number of aromatic nitrogens is 3. The van der Waals surface area contributed by atoms with E-state index >= 15 is 0 Å². The maximum atomic E-state index is 13.1. The van der Waals surface area contributed by atoms with E-state index in [1.807, 2.05) is 35.8 Å². The summed E-state index contributed by atoms with van der Waals surface area (Å²) in [5, 5.41) is 1.05. The fraction of sp³-hybridized carbons (Fsp3) is 0.143. The van der Waals surface area contributed by atoms with E-state index in [0.29, 0.717) is 32.3 Å². The van der Waals surface area contributed by atoms with E-state index in [-0.39, 0.29) is 11.2 Å². The molecule has 0 aliphatic heterocycles. The molecule has 0 amide bonds. The third kappa shape index (κ3) is 2.96. The Morgan fingerprint density at radius 2 is 1.62 bits per heavy atom. The minimum absolute atomic E-state index is 0.286. The molecule has 0 saturated carbocycles. The Bertz CT molecular complexity index is 1390. The van der Waals surface area contributed by atoms with Crippen molar-refractivity contribution in [3.05, 3.63) is 79.0 Å². The van der Waals surface area contributed by atoms with Crippen LogP contribution in [0.3, 0.4) is 0 Å². The lowest BCUT2D eigenvalue weighted by Gasteiger charge is -2.13. The van der Waals surface area contributed by atoms with Gasteiger partial charge in [0.2, 0.25) is 0 Å². The van der Waals surface area contributed by atoms with Gasteiger partial charge in [-0.05, 0) is 30.7 Å². The zero-order chi connectivity index (χ0) is 21.0. The molecule has 29 heavy (non-hydrogen) atoms. The molecule has 0 bridgehead atoms. The van der Waals surface area contributed by atoms with Gasteiger partial charge in [0.05, 0.1) is 32.3 Å². The number of rotatable bonds is 2. The van der Waals surface area contributed by atoms with Gasteiger partial charge >= 0.3 is 5.69 Å². The maximum Gasteiger partial charge on any atom is 0.330 e. The van der Waals surface area contributed by atoms with Crippen molar-refractivity contribution >= 4 is 39.8 Å². The van der Waals surface area contributed by atoms with E-state index < -0.39 is 5.69 Å². The van der Waals surface area contributed by atoms with Crippen LogP contribution in [0.4, 0.5) is 5.69 Å². The average molecular weight is 429 g/mol. The van der Waals surface area contributed by atoms with Crippen LogP contribution in [0.5, 0.6) is 0 Å². The first-order chi connectivity index (χ1) is 13.7. The molecule has 0 aliphatic rings. The van der Waals surface area contributed by atoms with Crippen molar-refractivity contribution < 1.29 is 0 Å². The lowest BCUT2D eigenvalue weighted by molar-refractivity contribution is 0.714. The summed E-state index contributed by atoms with van der Waals surface area (Å²) in [5.74, 6) is 0. The molecule has 148 valence electrons. The van der Waals surface area contributed by atoms with Gasteiger partial charge in [-0.3, -0.25) is 13.9 Å². The minimum Gasteiger partial charge on any atom is -0.396 e. The molecular weight excluding hydrogens is 411 g/mol. The van der Waals surface area contributed by atoms with Crippen LogP contribution in [0.15, 0.2) is 52.2 Å². The first-order valence-corrected chi connectivity index (χ1v) is 9.59. The van der Waals surface area contributed by atoms with E-state index in [4.69, 9.17) is 28.9 Å². The van der Waals surface area contributed by atoms with Gasteiger partial charge < -0.3 is 10.3 Å². The van der Waals surface area contributed by atoms with Crippen molar-refractivity contribution in [3.8, 4) is 16.9 Å². The molecule has 0 radical (unpaired) electrons. The number of benzene rings is 2. The number of anilines is 1. The molecule has 0 saturated heterocycles. The van der Waals surface area contributed by atoms with Gasteiger partial charge in [0.1, 0.15) is 0 Å². The zero-order valence-corrected chi connectivity index (χ0v) is 17.5. The standard InChI is InChI=1S/C21H18Cl2N4O2/c1-11-5-4-6-12(7-11)19-17-16(25(2)21(29)26(3)20(17)28)10-27(19)13-8-14(22)18(24)15(23)9-13/h4-10H,24H2,1-3H3. The van der Waals surface area contributed by atoms with Crippen molar-refractivity contribution in [2.45, 2.75) is 6.92 Å². The van der Waals surface area contributed by atoms with E-state index in [2.05, 4.69) is 0 Å². The lowest BCUT2D eigenvalue weighted by Crippen LogP contribution is -2.36. The van der Waals surface area contributed by atoms with Crippen LogP contribution < -0.4 is 17.0 Å². The second-order valence-electron chi connectivity index (χ2n) is 7.01. The number of hydrogen-bond acceptors (Lipinski definition) is 3. The Morgan fingerprint density at radius 3 is 2.24 bits per heavy atom. The molecule has 2 heterocycles. The molecule has 4 rings (SSSR count).